The van der Waals surface area contributed by atoms with Crippen molar-refractivity contribution in [3.05, 3.63) is 78.9 Å². The molecular formula is C35H41ClN4O3. The average molecular weight is 601 g/mol. The molecule has 1 aliphatic rings. The lowest BCUT2D eigenvalue weighted by Gasteiger charge is -2.34. The summed E-state index contributed by atoms with van der Waals surface area (Å²) in [5.41, 5.74) is 6.32. The van der Waals surface area contributed by atoms with E-state index in [0.717, 1.165) is 70.6 Å². The first-order chi connectivity index (χ1) is 20.4. The van der Waals surface area contributed by atoms with Crippen LogP contribution in [0, 0.1) is 0 Å². The van der Waals surface area contributed by atoms with E-state index in [1.807, 2.05) is 29.2 Å². The number of anilines is 2. The third-order valence-corrected chi connectivity index (χ3v) is 8.43. The topological polar surface area (TPSA) is 58.4 Å². The predicted octanol–water partition coefficient (Wildman–Crippen LogP) is 3.70. The number of carbonyl (C=O) groups is 2. The Balaban J connectivity index is 0.00000423. The Bertz CT molecular complexity index is 1550. The van der Waals surface area contributed by atoms with Crippen molar-refractivity contribution in [2.24, 2.45) is 0 Å². The summed E-state index contributed by atoms with van der Waals surface area (Å²) < 4.78 is 6.64. The van der Waals surface area contributed by atoms with Gasteiger partial charge in [0, 0.05) is 74.9 Å². The lowest BCUT2D eigenvalue weighted by molar-refractivity contribution is -0.127. The Morgan fingerprint density at radius 2 is 1.26 bits per heavy atom. The molecule has 1 fully saturated rings. The van der Waals surface area contributed by atoms with Crippen molar-refractivity contribution >= 4 is 45.1 Å². The number of nitrogens with zero attached hydrogens (tertiary/aromatic N) is 4. The Kier molecular flexibility index (Phi) is 10.3. The van der Waals surface area contributed by atoms with Gasteiger partial charge in [0.25, 0.3) is 5.91 Å². The lowest BCUT2D eigenvalue weighted by atomic mass is 9.92. The molecule has 0 unspecified atom stereocenters. The Morgan fingerprint density at radius 3 is 1.74 bits per heavy atom. The van der Waals surface area contributed by atoms with E-state index >= 15 is 0 Å². The van der Waals surface area contributed by atoms with E-state index in [1.54, 1.807) is 4.90 Å². The van der Waals surface area contributed by atoms with Crippen LogP contribution in [0.1, 0.15) is 38.1 Å². The van der Waals surface area contributed by atoms with Crippen molar-refractivity contribution in [1.82, 2.24) is 9.80 Å². The Labute approximate surface area is 260 Å². The number of halogens is 1. The number of hydrogen-bond acceptors (Lipinski definition) is 4. The molecule has 0 radical (unpaired) electrons. The second-order valence-electron chi connectivity index (χ2n) is 10.5. The number of piperazine rings is 1. The molecule has 4 aromatic rings. The highest BCUT2D eigenvalue weighted by molar-refractivity contribution is 6.13. The van der Waals surface area contributed by atoms with Gasteiger partial charge in [-0.2, -0.15) is 0 Å². The Morgan fingerprint density at radius 1 is 0.767 bits per heavy atom. The maximum atomic E-state index is 14.0. The normalized spacial score (nSPS) is 13.1. The van der Waals surface area contributed by atoms with Crippen molar-refractivity contribution in [3.63, 3.8) is 0 Å². The molecule has 0 bridgehead atoms. The zero-order valence-electron chi connectivity index (χ0n) is 25.6. The van der Waals surface area contributed by atoms with Crippen LogP contribution in [0.25, 0.3) is 33.1 Å². The van der Waals surface area contributed by atoms with Crippen molar-refractivity contribution in [2.45, 2.75) is 27.7 Å². The number of fused-ring (bicyclic) bond motifs is 2. The van der Waals surface area contributed by atoms with Crippen molar-refractivity contribution in [2.75, 3.05) is 62.2 Å². The SMILES string of the molecule is C=CC(=O)N1CCN(C(=O)c2ccccc2-c2c3ccc(N(CC)CC)cc3[o+]c3cc(N(CC)CC)ccc23)CC1.[Cl-]. The maximum absolute atomic E-state index is 14.0. The molecule has 1 aromatic heterocycles. The van der Waals surface area contributed by atoms with E-state index in [-0.39, 0.29) is 24.2 Å². The first kappa shape index (κ1) is 31.8. The molecule has 5 rings (SSSR count). The van der Waals surface area contributed by atoms with Gasteiger partial charge in [-0.05, 0) is 69.7 Å². The first-order valence-corrected chi connectivity index (χ1v) is 15.1. The summed E-state index contributed by atoms with van der Waals surface area (Å²) in [7, 11) is 0. The minimum Gasteiger partial charge on any atom is -1.00 e. The standard InChI is InChI=1S/C35H41N4O3.ClH/c1-6-33(40)38-19-21-39(22-20-38)35(41)28-14-12-11-13-27(28)34-29-17-15-25(36(7-2)8-3)23-31(29)42-32-24-26(16-18-30(32)34)37(9-4)10-5;/h6,11-18,23-24H,1,7-10,19-22H2,2-5H3;1H/q+1;/p-1. The maximum Gasteiger partial charge on any atom is 0.363 e. The van der Waals surface area contributed by atoms with E-state index in [4.69, 9.17) is 4.42 Å². The highest BCUT2D eigenvalue weighted by Gasteiger charge is 2.29. The predicted molar refractivity (Wildman–Crippen MR) is 173 cm³/mol. The molecule has 0 aliphatic carbocycles. The van der Waals surface area contributed by atoms with E-state index in [0.29, 0.717) is 31.7 Å². The molecule has 2 amide bonds. The van der Waals surface area contributed by atoms with Gasteiger partial charge in [-0.25, -0.2) is 4.42 Å². The molecule has 3 aromatic carbocycles. The summed E-state index contributed by atoms with van der Waals surface area (Å²) in [6.45, 7) is 17.8. The highest BCUT2D eigenvalue weighted by atomic mass is 35.5. The van der Waals surface area contributed by atoms with Gasteiger partial charge in [0.05, 0.1) is 22.9 Å². The van der Waals surface area contributed by atoms with Gasteiger partial charge >= 0.3 is 11.2 Å². The van der Waals surface area contributed by atoms with Gasteiger partial charge < -0.3 is 32.0 Å². The molecule has 2 heterocycles. The van der Waals surface area contributed by atoms with Crippen LogP contribution in [-0.2, 0) is 4.79 Å². The number of carbonyl (C=O) groups excluding carboxylic acids is 2. The van der Waals surface area contributed by atoms with Crippen LogP contribution in [0.3, 0.4) is 0 Å². The molecule has 1 saturated heterocycles. The molecule has 1 aliphatic heterocycles. The molecule has 226 valence electrons. The van der Waals surface area contributed by atoms with E-state index in [2.05, 4.69) is 80.5 Å². The third-order valence-electron chi connectivity index (χ3n) is 8.43. The zero-order chi connectivity index (χ0) is 29.8. The first-order valence-electron chi connectivity index (χ1n) is 15.1. The summed E-state index contributed by atoms with van der Waals surface area (Å²) in [5, 5.41) is 1.94. The summed E-state index contributed by atoms with van der Waals surface area (Å²) in [4.78, 5) is 34.3. The van der Waals surface area contributed by atoms with Crippen molar-refractivity contribution < 1.29 is 26.4 Å². The van der Waals surface area contributed by atoms with Crippen LogP contribution in [0.4, 0.5) is 11.4 Å². The van der Waals surface area contributed by atoms with Gasteiger partial charge in [-0.3, -0.25) is 9.59 Å². The van der Waals surface area contributed by atoms with Crippen molar-refractivity contribution in [1.29, 1.82) is 0 Å². The zero-order valence-corrected chi connectivity index (χ0v) is 26.4. The van der Waals surface area contributed by atoms with Crippen LogP contribution in [-0.4, -0.2) is 74.0 Å². The van der Waals surface area contributed by atoms with E-state index in [9.17, 15) is 9.59 Å². The Hall–Kier alpha value is -4.10. The molecular weight excluding hydrogens is 560 g/mol. The van der Waals surface area contributed by atoms with Crippen LogP contribution in [0.15, 0.2) is 77.7 Å². The fraction of sp³-hybridized carbons (Fsp3) is 0.343. The monoisotopic (exact) mass is 600 g/mol. The van der Waals surface area contributed by atoms with Crippen LogP contribution in [0.5, 0.6) is 0 Å². The van der Waals surface area contributed by atoms with Gasteiger partial charge in [0.2, 0.25) is 5.91 Å². The van der Waals surface area contributed by atoms with Crippen LogP contribution < -0.4 is 22.2 Å². The summed E-state index contributed by atoms with van der Waals surface area (Å²) in [6, 6.07) is 20.6. The summed E-state index contributed by atoms with van der Waals surface area (Å²) >= 11 is 0. The molecule has 8 heteroatoms. The van der Waals surface area contributed by atoms with E-state index in [1.165, 1.54) is 6.08 Å². The fourth-order valence-corrected chi connectivity index (χ4v) is 6.05. The second kappa shape index (κ2) is 13.9. The van der Waals surface area contributed by atoms with Crippen LogP contribution in [0.2, 0.25) is 0 Å². The molecule has 0 spiro atoms. The number of hydrogen-bond donors (Lipinski definition) is 0. The lowest BCUT2D eigenvalue weighted by Crippen LogP contribution is -3.00. The summed E-state index contributed by atoms with van der Waals surface area (Å²) in [6.07, 6.45) is 1.33. The van der Waals surface area contributed by atoms with E-state index < -0.39 is 0 Å². The van der Waals surface area contributed by atoms with Crippen LogP contribution >= 0.6 is 0 Å². The van der Waals surface area contributed by atoms with Crippen molar-refractivity contribution in [3.8, 4) is 11.1 Å². The van der Waals surface area contributed by atoms with Gasteiger partial charge in [-0.15, -0.1) is 0 Å². The van der Waals surface area contributed by atoms with Gasteiger partial charge in [0.1, 0.15) is 0 Å². The smallest absolute Gasteiger partial charge is 0.363 e. The highest BCUT2D eigenvalue weighted by Crippen LogP contribution is 2.40. The molecule has 0 N–H and O–H groups in total. The molecule has 43 heavy (non-hydrogen) atoms. The minimum absolute atomic E-state index is 0. The molecule has 0 atom stereocenters. The minimum atomic E-state index is -0.0957. The second-order valence-corrected chi connectivity index (χ2v) is 10.5. The largest absolute Gasteiger partial charge is 1.00 e. The average Bonchev–Trinajstić information content (AvgIpc) is 3.04. The number of benzene rings is 3. The molecule has 0 saturated carbocycles. The third kappa shape index (κ3) is 6.18. The fourth-order valence-electron chi connectivity index (χ4n) is 6.05. The summed E-state index contributed by atoms with van der Waals surface area (Å²) in [5.74, 6) is -0.125. The number of rotatable bonds is 9. The van der Waals surface area contributed by atoms with Gasteiger partial charge in [0.15, 0.2) is 0 Å². The molecule has 7 nitrogen and oxygen atoms in total. The number of amides is 2. The quantitative estimate of drug-likeness (QED) is 0.167. The van der Waals surface area contributed by atoms with Gasteiger partial charge in [-0.1, -0.05) is 24.8 Å².